The van der Waals surface area contributed by atoms with E-state index in [1.165, 1.54) is 13.2 Å². The summed E-state index contributed by atoms with van der Waals surface area (Å²) in [4.78, 5) is 5.41. The Hall–Kier alpha value is -1.41. The minimum Gasteiger partial charge on any atom is -0.389 e. The van der Waals surface area contributed by atoms with Gasteiger partial charge in [-0.05, 0) is 26.0 Å². The quantitative estimate of drug-likeness (QED) is 0.816. The molecule has 0 aromatic carbocycles. The monoisotopic (exact) mass is 321 g/mol. The standard InChI is InChI=1S/C13H18F3N3OS/c1-4-19(8(2)7-20-3)12-9(11(17)21)5-6-10(18-12)13(14,15)16/h5-6,8H,4,7H2,1-3H3,(H2,17,21). The zero-order valence-electron chi connectivity index (χ0n) is 12.1. The minimum atomic E-state index is -4.52. The van der Waals surface area contributed by atoms with E-state index < -0.39 is 11.9 Å². The van der Waals surface area contributed by atoms with E-state index in [4.69, 9.17) is 22.7 Å². The zero-order valence-corrected chi connectivity index (χ0v) is 12.9. The van der Waals surface area contributed by atoms with Gasteiger partial charge in [0, 0.05) is 13.7 Å². The summed E-state index contributed by atoms with van der Waals surface area (Å²) >= 11 is 4.90. The first-order chi connectivity index (χ1) is 9.72. The van der Waals surface area contributed by atoms with Crippen LogP contribution >= 0.6 is 12.2 Å². The van der Waals surface area contributed by atoms with Crippen LogP contribution in [0.3, 0.4) is 0 Å². The molecule has 0 spiro atoms. The van der Waals surface area contributed by atoms with E-state index in [0.717, 1.165) is 6.07 Å². The first-order valence-corrected chi connectivity index (χ1v) is 6.76. The Morgan fingerprint density at radius 1 is 1.48 bits per heavy atom. The second kappa shape index (κ2) is 7.04. The van der Waals surface area contributed by atoms with Crippen LogP contribution in [0, 0.1) is 0 Å². The molecule has 0 bridgehead atoms. The minimum absolute atomic E-state index is 0.00860. The fourth-order valence-corrected chi connectivity index (χ4v) is 2.18. The highest BCUT2D eigenvalue weighted by molar-refractivity contribution is 7.80. The van der Waals surface area contributed by atoms with Crippen LogP contribution in [0.2, 0.25) is 0 Å². The largest absolute Gasteiger partial charge is 0.433 e. The number of aromatic nitrogens is 1. The number of halogens is 3. The Balaban J connectivity index is 3.37. The van der Waals surface area contributed by atoms with Gasteiger partial charge in [0.05, 0.1) is 18.2 Å². The third kappa shape index (κ3) is 4.28. The maximum absolute atomic E-state index is 12.8. The summed E-state index contributed by atoms with van der Waals surface area (Å²) in [6.45, 7) is 4.45. The molecule has 0 fully saturated rings. The van der Waals surface area contributed by atoms with Gasteiger partial charge >= 0.3 is 6.18 Å². The van der Waals surface area contributed by atoms with E-state index in [9.17, 15) is 13.2 Å². The highest BCUT2D eigenvalue weighted by Gasteiger charge is 2.34. The number of nitrogens with zero attached hydrogens (tertiary/aromatic N) is 2. The molecule has 0 aliphatic heterocycles. The van der Waals surface area contributed by atoms with Gasteiger partial charge in [0.1, 0.15) is 16.5 Å². The Bertz CT molecular complexity index is 508. The summed E-state index contributed by atoms with van der Waals surface area (Å²) < 4.78 is 43.6. The highest BCUT2D eigenvalue weighted by Crippen LogP contribution is 2.31. The highest BCUT2D eigenvalue weighted by atomic mass is 32.1. The van der Waals surface area contributed by atoms with Crippen LogP contribution < -0.4 is 10.6 Å². The fraction of sp³-hybridized carbons (Fsp3) is 0.538. The smallest absolute Gasteiger partial charge is 0.389 e. The molecule has 1 atom stereocenters. The van der Waals surface area contributed by atoms with E-state index in [2.05, 4.69) is 4.98 Å². The summed E-state index contributed by atoms with van der Waals surface area (Å²) in [7, 11) is 1.53. The molecule has 0 saturated heterocycles. The van der Waals surface area contributed by atoms with Crippen molar-refractivity contribution >= 4 is 23.0 Å². The average Bonchev–Trinajstić information content (AvgIpc) is 2.38. The molecule has 1 rings (SSSR count). The molecule has 8 heteroatoms. The summed E-state index contributed by atoms with van der Waals surface area (Å²) in [5, 5.41) is 0. The zero-order chi connectivity index (χ0) is 16.2. The summed E-state index contributed by atoms with van der Waals surface area (Å²) in [6.07, 6.45) is -4.52. The first kappa shape index (κ1) is 17.6. The van der Waals surface area contributed by atoms with Crippen molar-refractivity contribution in [2.75, 3.05) is 25.2 Å². The molecule has 1 heterocycles. The number of alkyl halides is 3. The van der Waals surface area contributed by atoms with Gasteiger partial charge in [0.2, 0.25) is 0 Å². The molecule has 1 aromatic heterocycles. The number of likely N-dealkylation sites (N-methyl/N-ethyl adjacent to an activating group) is 1. The van der Waals surface area contributed by atoms with Gasteiger partial charge in [-0.3, -0.25) is 0 Å². The fourth-order valence-electron chi connectivity index (χ4n) is 2.02. The van der Waals surface area contributed by atoms with Crippen LogP contribution in [-0.4, -0.2) is 36.3 Å². The number of nitrogens with two attached hydrogens (primary N) is 1. The van der Waals surface area contributed by atoms with Gasteiger partial charge in [-0.2, -0.15) is 13.2 Å². The van der Waals surface area contributed by atoms with Crippen molar-refractivity contribution in [2.45, 2.75) is 26.1 Å². The molecule has 0 saturated carbocycles. The number of hydrogen-bond acceptors (Lipinski definition) is 4. The molecular weight excluding hydrogens is 303 g/mol. The van der Waals surface area contributed by atoms with Crippen molar-refractivity contribution in [1.82, 2.24) is 4.98 Å². The maximum atomic E-state index is 12.8. The van der Waals surface area contributed by atoms with Gasteiger partial charge in [-0.1, -0.05) is 12.2 Å². The van der Waals surface area contributed by atoms with Crippen LogP contribution in [0.25, 0.3) is 0 Å². The lowest BCUT2D eigenvalue weighted by atomic mass is 10.2. The van der Waals surface area contributed by atoms with E-state index >= 15 is 0 Å². The topological polar surface area (TPSA) is 51.4 Å². The predicted octanol–water partition coefficient (Wildman–Crippen LogP) is 2.60. The van der Waals surface area contributed by atoms with E-state index in [-0.39, 0.29) is 16.8 Å². The SMILES string of the molecule is CCN(c1nc(C(F)(F)F)ccc1C(N)=S)C(C)COC. The third-order valence-electron chi connectivity index (χ3n) is 2.98. The van der Waals surface area contributed by atoms with Crippen molar-refractivity contribution < 1.29 is 17.9 Å². The number of anilines is 1. The molecule has 1 unspecified atom stereocenters. The van der Waals surface area contributed by atoms with Crippen LogP contribution in [0.5, 0.6) is 0 Å². The number of hydrogen-bond donors (Lipinski definition) is 1. The van der Waals surface area contributed by atoms with Crippen LogP contribution in [0.1, 0.15) is 25.1 Å². The molecule has 0 amide bonds. The molecule has 0 aliphatic carbocycles. The number of pyridine rings is 1. The maximum Gasteiger partial charge on any atom is 0.433 e. The predicted molar refractivity (Wildman–Crippen MR) is 79.5 cm³/mol. The molecule has 21 heavy (non-hydrogen) atoms. The molecule has 0 radical (unpaired) electrons. The van der Waals surface area contributed by atoms with E-state index in [1.807, 2.05) is 13.8 Å². The molecule has 0 aliphatic rings. The number of thiocarbonyl (C=S) groups is 1. The Morgan fingerprint density at radius 2 is 2.10 bits per heavy atom. The molecule has 4 nitrogen and oxygen atoms in total. The van der Waals surface area contributed by atoms with E-state index in [0.29, 0.717) is 18.7 Å². The Morgan fingerprint density at radius 3 is 2.52 bits per heavy atom. The van der Waals surface area contributed by atoms with Crippen LogP contribution in [0.15, 0.2) is 12.1 Å². The van der Waals surface area contributed by atoms with Crippen LogP contribution in [0.4, 0.5) is 19.0 Å². The van der Waals surface area contributed by atoms with Gasteiger partial charge < -0.3 is 15.4 Å². The molecular formula is C13H18F3N3OS. The second-order valence-electron chi connectivity index (χ2n) is 4.52. The number of ether oxygens (including phenoxy) is 1. The first-order valence-electron chi connectivity index (χ1n) is 6.36. The normalized spacial score (nSPS) is 13.0. The molecule has 1 aromatic rings. The van der Waals surface area contributed by atoms with Crippen molar-refractivity contribution in [3.63, 3.8) is 0 Å². The van der Waals surface area contributed by atoms with Crippen molar-refractivity contribution in [3.05, 3.63) is 23.4 Å². The lowest BCUT2D eigenvalue weighted by molar-refractivity contribution is -0.141. The Kier molecular flexibility index (Phi) is 5.91. The van der Waals surface area contributed by atoms with Crippen molar-refractivity contribution in [2.24, 2.45) is 5.73 Å². The van der Waals surface area contributed by atoms with Gasteiger partial charge in [0.25, 0.3) is 0 Å². The van der Waals surface area contributed by atoms with Crippen molar-refractivity contribution in [3.8, 4) is 0 Å². The second-order valence-corrected chi connectivity index (χ2v) is 4.96. The summed E-state index contributed by atoms with van der Waals surface area (Å²) in [6, 6.07) is 1.98. The summed E-state index contributed by atoms with van der Waals surface area (Å²) in [5.74, 6) is 0.129. The van der Waals surface area contributed by atoms with E-state index in [1.54, 1.807) is 4.90 Å². The lowest BCUT2D eigenvalue weighted by Gasteiger charge is -2.30. The van der Waals surface area contributed by atoms with Crippen molar-refractivity contribution in [1.29, 1.82) is 0 Å². The number of methoxy groups -OCH3 is 1. The number of rotatable bonds is 6. The van der Waals surface area contributed by atoms with Gasteiger partial charge in [-0.25, -0.2) is 4.98 Å². The molecule has 118 valence electrons. The summed E-state index contributed by atoms with van der Waals surface area (Å²) in [5.41, 5.74) is 4.94. The van der Waals surface area contributed by atoms with Gasteiger partial charge in [-0.15, -0.1) is 0 Å². The Labute approximate surface area is 127 Å². The third-order valence-corrected chi connectivity index (χ3v) is 3.20. The average molecular weight is 321 g/mol. The lowest BCUT2D eigenvalue weighted by Crippen LogP contribution is -2.38. The van der Waals surface area contributed by atoms with Gasteiger partial charge in [0.15, 0.2) is 0 Å². The molecule has 2 N–H and O–H groups in total. The van der Waals surface area contributed by atoms with Crippen LogP contribution in [-0.2, 0) is 10.9 Å².